The number of hydrogen-bond donors (Lipinski definition) is 1. The van der Waals surface area contributed by atoms with Crippen molar-refractivity contribution in [3.05, 3.63) is 62.6 Å². The molecule has 0 saturated carbocycles. The van der Waals surface area contributed by atoms with E-state index in [1.807, 2.05) is 30.3 Å². The van der Waals surface area contributed by atoms with E-state index in [0.717, 1.165) is 5.56 Å². The van der Waals surface area contributed by atoms with E-state index in [9.17, 15) is 14.9 Å². The van der Waals surface area contributed by atoms with E-state index in [-0.39, 0.29) is 5.65 Å². The normalized spacial score (nSPS) is 10.8. The highest BCUT2D eigenvalue weighted by atomic mass is 16.6. The van der Waals surface area contributed by atoms with Gasteiger partial charge in [0.1, 0.15) is 0 Å². The molecular formula is C13H10N4O3. The summed E-state index contributed by atoms with van der Waals surface area (Å²) in [6.07, 6.45) is 0. The number of aromatic amines is 1. The summed E-state index contributed by atoms with van der Waals surface area (Å²) in [5.74, 6) is 0. The van der Waals surface area contributed by atoms with Gasteiger partial charge in [0.05, 0.1) is 10.6 Å². The monoisotopic (exact) mass is 270 g/mol. The van der Waals surface area contributed by atoms with E-state index in [0.29, 0.717) is 11.4 Å². The third kappa shape index (κ3) is 1.76. The molecule has 0 fully saturated rings. The molecule has 0 aliphatic carbocycles. The molecule has 20 heavy (non-hydrogen) atoms. The molecule has 0 atom stereocenters. The molecule has 7 heteroatoms. The lowest BCUT2D eigenvalue weighted by Crippen LogP contribution is -2.05. The van der Waals surface area contributed by atoms with Crippen molar-refractivity contribution in [2.75, 3.05) is 0 Å². The van der Waals surface area contributed by atoms with Crippen molar-refractivity contribution in [2.24, 2.45) is 0 Å². The number of fused-ring (bicyclic) bond motifs is 1. The van der Waals surface area contributed by atoms with Crippen LogP contribution in [-0.2, 0) is 0 Å². The fourth-order valence-corrected chi connectivity index (χ4v) is 2.14. The van der Waals surface area contributed by atoms with Crippen molar-refractivity contribution < 1.29 is 4.92 Å². The molecule has 2 aromatic heterocycles. The number of hydrogen-bond acceptors (Lipinski definition) is 4. The first-order valence-electron chi connectivity index (χ1n) is 5.90. The minimum absolute atomic E-state index is 0.0267. The molecule has 7 nitrogen and oxygen atoms in total. The second-order valence-corrected chi connectivity index (χ2v) is 4.35. The minimum atomic E-state index is -0.759. The van der Waals surface area contributed by atoms with Crippen molar-refractivity contribution in [3.8, 4) is 11.3 Å². The molecule has 3 rings (SSSR count). The summed E-state index contributed by atoms with van der Waals surface area (Å²) in [6, 6.07) is 11.1. The van der Waals surface area contributed by atoms with Crippen molar-refractivity contribution in [3.63, 3.8) is 0 Å². The maximum atomic E-state index is 11.7. The van der Waals surface area contributed by atoms with Crippen molar-refractivity contribution in [1.29, 1.82) is 0 Å². The van der Waals surface area contributed by atoms with Gasteiger partial charge in [-0.15, -0.1) is 0 Å². The molecule has 0 bridgehead atoms. The van der Waals surface area contributed by atoms with Crippen LogP contribution in [0.1, 0.15) is 5.69 Å². The summed E-state index contributed by atoms with van der Waals surface area (Å²) < 4.78 is 1.35. The van der Waals surface area contributed by atoms with E-state index in [2.05, 4.69) is 10.1 Å². The summed E-state index contributed by atoms with van der Waals surface area (Å²) in [5, 5.41) is 13.4. The average Bonchev–Trinajstić information content (AvgIpc) is 2.74. The fourth-order valence-electron chi connectivity index (χ4n) is 2.14. The van der Waals surface area contributed by atoms with Gasteiger partial charge in [0.25, 0.3) is 0 Å². The van der Waals surface area contributed by atoms with Gasteiger partial charge in [-0.05, 0) is 13.0 Å². The zero-order valence-electron chi connectivity index (χ0n) is 10.5. The van der Waals surface area contributed by atoms with Gasteiger partial charge in [-0.25, -0.2) is 9.50 Å². The number of nitrogens with zero attached hydrogens (tertiary/aromatic N) is 3. The minimum Gasteiger partial charge on any atom is -0.260 e. The lowest BCUT2D eigenvalue weighted by Gasteiger charge is -2.06. The van der Waals surface area contributed by atoms with Crippen LogP contribution < -0.4 is 5.56 Å². The van der Waals surface area contributed by atoms with Crippen LogP contribution in [0.5, 0.6) is 0 Å². The average molecular weight is 270 g/mol. The molecule has 2 heterocycles. The topological polar surface area (TPSA) is 93.3 Å². The summed E-state index contributed by atoms with van der Waals surface area (Å²) in [7, 11) is 0. The molecule has 0 unspecified atom stereocenters. The van der Waals surface area contributed by atoms with Crippen LogP contribution in [-0.4, -0.2) is 19.5 Å². The quantitative estimate of drug-likeness (QED) is 0.568. The third-order valence-corrected chi connectivity index (χ3v) is 2.97. The van der Waals surface area contributed by atoms with Gasteiger partial charge in [-0.2, -0.15) is 0 Å². The van der Waals surface area contributed by atoms with E-state index >= 15 is 0 Å². The zero-order valence-corrected chi connectivity index (χ0v) is 10.5. The molecule has 1 N–H and O–H groups in total. The Labute approximate surface area is 112 Å². The highest BCUT2D eigenvalue weighted by Crippen LogP contribution is 2.23. The summed E-state index contributed by atoms with van der Waals surface area (Å²) >= 11 is 0. The highest BCUT2D eigenvalue weighted by Gasteiger charge is 2.23. The smallest absolute Gasteiger partial charge is 0.260 e. The Hall–Kier alpha value is -2.96. The maximum Gasteiger partial charge on any atom is 0.379 e. The van der Waals surface area contributed by atoms with Gasteiger partial charge in [-0.1, -0.05) is 30.3 Å². The van der Waals surface area contributed by atoms with Gasteiger partial charge in [0.2, 0.25) is 5.65 Å². The van der Waals surface area contributed by atoms with Crippen LogP contribution in [0.3, 0.4) is 0 Å². The van der Waals surface area contributed by atoms with Crippen molar-refractivity contribution in [2.45, 2.75) is 6.92 Å². The molecule has 100 valence electrons. The van der Waals surface area contributed by atoms with E-state index in [4.69, 9.17) is 0 Å². The first kappa shape index (κ1) is 12.1. The number of aromatic nitrogens is 3. The number of aryl methyl sites for hydroxylation is 1. The largest absolute Gasteiger partial charge is 0.379 e. The first-order valence-corrected chi connectivity index (χ1v) is 5.90. The van der Waals surface area contributed by atoms with Gasteiger partial charge in [0.15, 0.2) is 0 Å². The Bertz CT molecular complexity index is 864. The Kier molecular flexibility index (Phi) is 2.60. The van der Waals surface area contributed by atoms with Gasteiger partial charge >= 0.3 is 11.2 Å². The van der Waals surface area contributed by atoms with Gasteiger partial charge in [-0.3, -0.25) is 20.0 Å². The molecule has 0 amide bonds. The summed E-state index contributed by atoms with van der Waals surface area (Å²) in [4.78, 5) is 26.1. The van der Waals surface area contributed by atoms with Crippen LogP contribution >= 0.6 is 0 Å². The van der Waals surface area contributed by atoms with Crippen molar-refractivity contribution >= 4 is 11.3 Å². The van der Waals surface area contributed by atoms with Crippen LogP contribution in [0.2, 0.25) is 0 Å². The van der Waals surface area contributed by atoms with Crippen molar-refractivity contribution in [1.82, 2.24) is 14.6 Å². The van der Waals surface area contributed by atoms with Crippen LogP contribution in [0.4, 0.5) is 5.69 Å². The number of benzene rings is 1. The number of nitrogens with one attached hydrogen (secondary N) is 1. The van der Waals surface area contributed by atoms with Crippen LogP contribution in [0, 0.1) is 17.0 Å². The lowest BCUT2D eigenvalue weighted by molar-refractivity contribution is -0.384. The molecule has 0 saturated heterocycles. The molecule has 0 aliphatic rings. The third-order valence-electron chi connectivity index (χ3n) is 2.97. The van der Waals surface area contributed by atoms with E-state index < -0.39 is 16.2 Å². The fraction of sp³-hybridized carbons (Fsp3) is 0.0769. The first-order chi connectivity index (χ1) is 9.58. The predicted molar refractivity (Wildman–Crippen MR) is 72.6 cm³/mol. The van der Waals surface area contributed by atoms with Gasteiger partial charge in [0, 0.05) is 11.3 Å². The Morgan fingerprint density at radius 3 is 2.65 bits per heavy atom. The zero-order chi connectivity index (χ0) is 14.3. The number of rotatable bonds is 2. The van der Waals surface area contributed by atoms with E-state index in [1.54, 1.807) is 13.0 Å². The Morgan fingerprint density at radius 1 is 1.30 bits per heavy atom. The molecule has 0 aliphatic heterocycles. The van der Waals surface area contributed by atoms with Crippen LogP contribution in [0.15, 0.2) is 41.2 Å². The predicted octanol–water partition coefficient (Wildman–Crippen LogP) is 1.91. The molecule has 1 aromatic carbocycles. The maximum absolute atomic E-state index is 11.7. The summed E-state index contributed by atoms with van der Waals surface area (Å²) in [6.45, 7) is 1.73. The van der Waals surface area contributed by atoms with Crippen LogP contribution in [0.25, 0.3) is 16.9 Å². The van der Waals surface area contributed by atoms with Gasteiger partial charge < -0.3 is 0 Å². The van der Waals surface area contributed by atoms with E-state index in [1.165, 1.54) is 4.52 Å². The molecule has 0 radical (unpaired) electrons. The standard InChI is InChI=1S/C13H10N4O3/c1-8-7-10(9-5-3-2-4-6-9)16-12(14-8)11(17(19)20)13(18)15-16/h2-7H,1H3,(H,15,18). The molecular weight excluding hydrogens is 260 g/mol. The SMILES string of the molecule is Cc1cc(-c2ccccc2)n2[nH]c(=O)c([N+](=O)[O-])c2n1. The lowest BCUT2D eigenvalue weighted by atomic mass is 10.1. The molecule has 3 aromatic rings. The Morgan fingerprint density at radius 2 is 2.00 bits per heavy atom. The molecule has 0 spiro atoms. The summed E-state index contributed by atoms with van der Waals surface area (Å²) in [5.41, 5.74) is 0.823. The second kappa shape index (κ2) is 4.30. The second-order valence-electron chi connectivity index (χ2n) is 4.35. The Balaban J connectivity index is 2.43. The number of H-pyrrole nitrogens is 1. The number of nitro groups is 1. The highest BCUT2D eigenvalue weighted by molar-refractivity contribution is 5.67.